The Morgan fingerprint density at radius 1 is 1.36 bits per heavy atom. The van der Waals surface area contributed by atoms with Gasteiger partial charge in [-0.15, -0.1) is 0 Å². The molecule has 11 heavy (non-hydrogen) atoms. The lowest BCUT2D eigenvalue weighted by molar-refractivity contribution is 0.139. The number of hydrogen-bond acceptors (Lipinski definition) is 2. The molecule has 0 heterocycles. The Morgan fingerprint density at radius 2 is 2.00 bits per heavy atom. The zero-order valence-corrected chi connectivity index (χ0v) is 7.93. The Labute approximate surface area is 70.0 Å². The lowest BCUT2D eigenvalue weighted by atomic mass is 10.0. The fraction of sp³-hybridized carbons (Fsp3) is 1.00. The predicted octanol–water partition coefficient (Wildman–Crippen LogP) is 1.39. The van der Waals surface area contributed by atoms with Gasteiger partial charge in [0.2, 0.25) is 0 Å². The highest BCUT2D eigenvalue weighted by Gasteiger charge is 2.05. The second-order valence-electron chi connectivity index (χ2n) is 3.43. The fourth-order valence-corrected chi connectivity index (χ4v) is 1.11. The molecule has 2 N–H and O–H groups in total. The standard InChI is InChI=1S/C9H21NO/c1-4-10-6-5-9(11)7-8(2)3/h8-11H,4-7H2,1-3H3. The summed E-state index contributed by atoms with van der Waals surface area (Å²) >= 11 is 0. The van der Waals surface area contributed by atoms with Crippen molar-refractivity contribution >= 4 is 0 Å². The maximum atomic E-state index is 9.41. The van der Waals surface area contributed by atoms with E-state index in [1.807, 2.05) is 0 Å². The summed E-state index contributed by atoms with van der Waals surface area (Å²) in [5.74, 6) is 0.603. The third-order valence-corrected chi connectivity index (χ3v) is 1.65. The first-order chi connectivity index (χ1) is 5.16. The molecule has 0 aliphatic carbocycles. The van der Waals surface area contributed by atoms with Crippen LogP contribution in [0.15, 0.2) is 0 Å². The predicted molar refractivity (Wildman–Crippen MR) is 48.6 cm³/mol. The van der Waals surface area contributed by atoms with E-state index in [2.05, 4.69) is 26.1 Å². The molecule has 0 aromatic heterocycles. The van der Waals surface area contributed by atoms with E-state index in [1.165, 1.54) is 0 Å². The molecule has 0 radical (unpaired) electrons. The first kappa shape index (κ1) is 10.9. The second-order valence-corrected chi connectivity index (χ2v) is 3.43. The number of rotatable bonds is 6. The lowest BCUT2D eigenvalue weighted by Crippen LogP contribution is -2.21. The molecular formula is C9H21NO. The Hall–Kier alpha value is -0.0800. The Bertz CT molecular complexity index is 83.6. The van der Waals surface area contributed by atoms with Gasteiger partial charge in [-0.3, -0.25) is 0 Å². The maximum absolute atomic E-state index is 9.41. The smallest absolute Gasteiger partial charge is 0.0554 e. The van der Waals surface area contributed by atoms with Crippen molar-refractivity contribution in [3.05, 3.63) is 0 Å². The van der Waals surface area contributed by atoms with Gasteiger partial charge in [0.25, 0.3) is 0 Å². The van der Waals surface area contributed by atoms with E-state index in [0.29, 0.717) is 5.92 Å². The molecule has 1 atom stereocenters. The van der Waals surface area contributed by atoms with Gasteiger partial charge in [-0.05, 0) is 31.8 Å². The molecule has 2 heteroatoms. The monoisotopic (exact) mass is 159 g/mol. The van der Waals surface area contributed by atoms with Gasteiger partial charge in [-0.1, -0.05) is 20.8 Å². The van der Waals surface area contributed by atoms with Gasteiger partial charge >= 0.3 is 0 Å². The van der Waals surface area contributed by atoms with Gasteiger partial charge < -0.3 is 10.4 Å². The van der Waals surface area contributed by atoms with E-state index in [9.17, 15) is 5.11 Å². The summed E-state index contributed by atoms with van der Waals surface area (Å²) in [5, 5.41) is 12.6. The molecule has 0 amide bonds. The molecule has 1 unspecified atom stereocenters. The van der Waals surface area contributed by atoms with Crippen LogP contribution in [0, 0.1) is 5.92 Å². The highest BCUT2D eigenvalue weighted by Crippen LogP contribution is 2.06. The topological polar surface area (TPSA) is 32.3 Å². The first-order valence-corrected chi connectivity index (χ1v) is 4.55. The molecule has 2 nitrogen and oxygen atoms in total. The van der Waals surface area contributed by atoms with Gasteiger partial charge in [0.05, 0.1) is 6.10 Å². The molecule has 0 saturated carbocycles. The van der Waals surface area contributed by atoms with Crippen LogP contribution >= 0.6 is 0 Å². The molecule has 0 spiro atoms. The molecule has 0 saturated heterocycles. The fourth-order valence-electron chi connectivity index (χ4n) is 1.11. The van der Waals surface area contributed by atoms with E-state index >= 15 is 0 Å². The van der Waals surface area contributed by atoms with Crippen LogP contribution < -0.4 is 5.32 Å². The summed E-state index contributed by atoms with van der Waals surface area (Å²) in [5.41, 5.74) is 0. The molecular weight excluding hydrogens is 138 g/mol. The van der Waals surface area contributed by atoms with Crippen molar-refractivity contribution in [2.24, 2.45) is 5.92 Å². The summed E-state index contributed by atoms with van der Waals surface area (Å²) in [4.78, 5) is 0. The molecule has 0 bridgehead atoms. The van der Waals surface area contributed by atoms with Crippen LogP contribution in [0.1, 0.15) is 33.6 Å². The number of hydrogen-bond donors (Lipinski definition) is 2. The number of nitrogens with one attached hydrogen (secondary N) is 1. The summed E-state index contributed by atoms with van der Waals surface area (Å²) in [6.07, 6.45) is 1.69. The minimum absolute atomic E-state index is 0.117. The van der Waals surface area contributed by atoms with E-state index in [0.717, 1.165) is 25.9 Å². The van der Waals surface area contributed by atoms with Crippen LogP contribution in [0.25, 0.3) is 0 Å². The minimum atomic E-state index is -0.117. The summed E-state index contributed by atoms with van der Waals surface area (Å²) in [7, 11) is 0. The van der Waals surface area contributed by atoms with E-state index in [-0.39, 0.29) is 6.10 Å². The SMILES string of the molecule is CCNCCC(O)CC(C)C. The maximum Gasteiger partial charge on any atom is 0.0554 e. The molecule has 0 aromatic carbocycles. The molecule has 0 rings (SSSR count). The largest absolute Gasteiger partial charge is 0.393 e. The van der Waals surface area contributed by atoms with Crippen molar-refractivity contribution in [1.29, 1.82) is 0 Å². The van der Waals surface area contributed by atoms with Crippen molar-refractivity contribution in [2.45, 2.75) is 39.7 Å². The number of aliphatic hydroxyl groups is 1. The molecule has 0 aliphatic heterocycles. The lowest BCUT2D eigenvalue weighted by Gasteiger charge is -2.12. The Kier molecular flexibility index (Phi) is 6.57. The Morgan fingerprint density at radius 3 is 2.45 bits per heavy atom. The first-order valence-electron chi connectivity index (χ1n) is 4.55. The summed E-state index contributed by atoms with van der Waals surface area (Å²) < 4.78 is 0. The minimum Gasteiger partial charge on any atom is -0.393 e. The van der Waals surface area contributed by atoms with Gasteiger partial charge in [-0.25, -0.2) is 0 Å². The van der Waals surface area contributed by atoms with Crippen molar-refractivity contribution in [3.8, 4) is 0 Å². The summed E-state index contributed by atoms with van der Waals surface area (Å²) in [6, 6.07) is 0. The van der Waals surface area contributed by atoms with Gasteiger partial charge in [0, 0.05) is 0 Å². The van der Waals surface area contributed by atoms with Crippen LogP contribution in [-0.4, -0.2) is 24.3 Å². The average Bonchev–Trinajstić information content (AvgIpc) is 1.86. The third kappa shape index (κ3) is 7.82. The summed E-state index contributed by atoms with van der Waals surface area (Å²) in [6.45, 7) is 8.28. The quantitative estimate of drug-likeness (QED) is 0.574. The van der Waals surface area contributed by atoms with E-state index in [1.54, 1.807) is 0 Å². The molecule has 0 fully saturated rings. The van der Waals surface area contributed by atoms with E-state index in [4.69, 9.17) is 0 Å². The van der Waals surface area contributed by atoms with Crippen LogP contribution in [0.5, 0.6) is 0 Å². The van der Waals surface area contributed by atoms with Gasteiger partial charge in [-0.2, -0.15) is 0 Å². The molecule has 0 aromatic rings. The van der Waals surface area contributed by atoms with Crippen LogP contribution in [0.4, 0.5) is 0 Å². The van der Waals surface area contributed by atoms with Crippen molar-refractivity contribution < 1.29 is 5.11 Å². The zero-order valence-electron chi connectivity index (χ0n) is 7.93. The third-order valence-electron chi connectivity index (χ3n) is 1.65. The molecule has 68 valence electrons. The molecule has 0 aliphatic rings. The van der Waals surface area contributed by atoms with Crippen molar-refractivity contribution in [1.82, 2.24) is 5.32 Å². The number of aliphatic hydroxyl groups excluding tert-OH is 1. The van der Waals surface area contributed by atoms with Crippen LogP contribution in [-0.2, 0) is 0 Å². The normalized spacial score (nSPS) is 13.9. The van der Waals surface area contributed by atoms with Gasteiger partial charge in [0.15, 0.2) is 0 Å². The van der Waals surface area contributed by atoms with Gasteiger partial charge in [0.1, 0.15) is 0 Å². The zero-order chi connectivity index (χ0) is 8.69. The van der Waals surface area contributed by atoms with Crippen molar-refractivity contribution in [2.75, 3.05) is 13.1 Å². The average molecular weight is 159 g/mol. The van der Waals surface area contributed by atoms with E-state index < -0.39 is 0 Å². The van der Waals surface area contributed by atoms with Crippen LogP contribution in [0.3, 0.4) is 0 Å². The second kappa shape index (κ2) is 6.62. The van der Waals surface area contributed by atoms with Crippen LogP contribution in [0.2, 0.25) is 0 Å². The highest BCUT2D eigenvalue weighted by atomic mass is 16.3. The Balaban J connectivity index is 3.15. The van der Waals surface area contributed by atoms with Crippen molar-refractivity contribution in [3.63, 3.8) is 0 Å². The highest BCUT2D eigenvalue weighted by molar-refractivity contribution is 4.59.